The Balaban J connectivity index is -0.000000125. The minimum absolute atomic E-state index is 0. The summed E-state index contributed by atoms with van der Waals surface area (Å²) in [5, 5.41) is 7.56. The molecule has 0 saturated heterocycles. The Morgan fingerprint density at radius 1 is 1.38 bits per heavy atom. The zero-order valence-corrected chi connectivity index (χ0v) is 7.14. The van der Waals surface area contributed by atoms with Crippen molar-refractivity contribution < 1.29 is 23.6 Å². The molecule has 5 nitrogen and oxygen atoms in total. The molecule has 0 amide bonds. The molecule has 0 unspecified atom stereocenters. The summed E-state index contributed by atoms with van der Waals surface area (Å²) in [7, 11) is -4.11. The van der Waals surface area contributed by atoms with Crippen molar-refractivity contribution in [3.8, 4) is 0 Å². The summed E-state index contributed by atoms with van der Waals surface area (Å²) in [4.78, 5) is 0. The van der Waals surface area contributed by atoms with Gasteiger partial charge in [0.2, 0.25) is 0 Å². The van der Waals surface area contributed by atoms with Crippen LogP contribution in [-0.2, 0) is 10.1 Å². The molecule has 0 aromatic heterocycles. The SMILES string of the molecule is O.O=S(=O)(O)CO.[Na]. The molecule has 0 aliphatic rings. The molecule has 8 heavy (non-hydrogen) atoms. The molecule has 0 aromatic rings. The van der Waals surface area contributed by atoms with Crippen LogP contribution in [0.25, 0.3) is 0 Å². The molecule has 0 aliphatic carbocycles. The van der Waals surface area contributed by atoms with E-state index in [1.807, 2.05) is 0 Å². The van der Waals surface area contributed by atoms with Crippen LogP contribution in [0.5, 0.6) is 0 Å². The molecule has 0 bridgehead atoms. The van der Waals surface area contributed by atoms with Gasteiger partial charge in [0.1, 0.15) is 0 Å². The minimum atomic E-state index is -4.11. The van der Waals surface area contributed by atoms with E-state index in [9.17, 15) is 8.42 Å². The first kappa shape index (κ1) is 15.9. The maximum atomic E-state index is 9.31. The summed E-state index contributed by atoms with van der Waals surface area (Å²) in [6.45, 7) is 0. The van der Waals surface area contributed by atoms with Gasteiger partial charge in [-0.3, -0.25) is 4.55 Å². The molecule has 4 N–H and O–H groups in total. The predicted molar refractivity (Wildman–Crippen MR) is 28.0 cm³/mol. The zero-order valence-electron chi connectivity index (χ0n) is 4.33. The maximum Gasteiger partial charge on any atom is 0.289 e. The van der Waals surface area contributed by atoms with Gasteiger partial charge < -0.3 is 10.6 Å². The third-order valence-corrected chi connectivity index (χ3v) is 0.489. The molecule has 0 heterocycles. The van der Waals surface area contributed by atoms with E-state index in [-0.39, 0.29) is 35.0 Å². The first-order chi connectivity index (χ1) is 2.56. The summed E-state index contributed by atoms with van der Waals surface area (Å²) in [5.41, 5.74) is 0. The van der Waals surface area contributed by atoms with Gasteiger partial charge in [0.15, 0.2) is 5.94 Å². The van der Waals surface area contributed by atoms with Crippen LogP contribution in [0.4, 0.5) is 0 Å². The maximum absolute atomic E-state index is 9.31. The Morgan fingerprint density at radius 2 is 1.50 bits per heavy atom. The first-order valence-corrected chi connectivity index (χ1v) is 2.73. The molecular formula is CH6NaO5S. The van der Waals surface area contributed by atoms with Crippen LogP contribution < -0.4 is 0 Å². The van der Waals surface area contributed by atoms with Gasteiger partial charge in [-0.25, -0.2) is 0 Å². The third kappa shape index (κ3) is 15.8. The molecule has 0 spiro atoms. The number of aliphatic hydroxyl groups excluding tert-OH is 1. The fourth-order valence-electron chi connectivity index (χ4n) is 0. The van der Waals surface area contributed by atoms with Crippen LogP contribution in [0.15, 0.2) is 0 Å². The fourth-order valence-corrected chi connectivity index (χ4v) is 0. The average Bonchev–Trinajstić information content (AvgIpc) is 1.35. The largest absolute Gasteiger partial charge is 0.412 e. The summed E-state index contributed by atoms with van der Waals surface area (Å²) >= 11 is 0. The molecule has 0 saturated carbocycles. The van der Waals surface area contributed by atoms with Crippen LogP contribution >= 0.6 is 0 Å². The zero-order chi connectivity index (χ0) is 5.21. The number of hydrogen-bond acceptors (Lipinski definition) is 3. The Kier molecular flexibility index (Phi) is 11.9. The Labute approximate surface area is 69.1 Å². The standard InChI is InChI=1S/CH4O4S.Na.H2O/c2-1-6(3,4)5;;/h2H,1H2,(H,3,4,5);;1H2. The number of hydrogen-bond donors (Lipinski definition) is 2. The monoisotopic (exact) mass is 153 g/mol. The van der Waals surface area contributed by atoms with Crippen LogP contribution in [0, 0.1) is 0 Å². The van der Waals surface area contributed by atoms with Gasteiger partial charge in [-0.05, 0) is 0 Å². The minimum Gasteiger partial charge on any atom is -0.412 e. The summed E-state index contributed by atoms with van der Waals surface area (Å²) in [6, 6.07) is 0. The number of aliphatic hydroxyl groups is 1. The van der Waals surface area contributed by atoms with Crippen molar-refractivity contribution in [3.63, 3.8) is 0 Å². The topological polar surface area (TPSA) is 106 Å². The summed E-state index contributed by atoms with van der Waals surface area (Å²) in [6.07, 6.45) is 0. The molecular weight excluding hydrogens is 147 g/mol. The van der Waals surface area contributed by atoms with E-state index in [2.05, 4.69) is 0 Å². The van der Waals surface area contributed by atoms with Gasteiger partial charge in [-0.1, -0.05) is 0 Å². The van der Waals surface area contributed by atoms with Gasteiger partial charge in [-0.2, -0.15) is 8.42 Å². The quantitative estimate of drug-likeness (QED) is 0.324. The molecule has 0 atom stereocenters. The van der Waals surface area contributed by atoms with E-state index in [4.69, 9.17) is 9.66 Å². The van der Waals surface area contributed by atoms with Gasteiger partial charge >= 0.3 is 0 Å². The van der Waals surface area contributed by atoms with Crippen LogP contribution in [0.2, 0.25) is 0 Å². The summed E-state index contributed by atoms with van der Waals surface area (Å²) < 4.78 is 26.2. The second-order valence-electron chi connectivity index (χ2n) is 0.711. The van der Waals surface area contributed by atoms with E-state index in [0.717, 1.165) is 0 Å². The van der Waals surface area contributed by atoms with E-state index in [1.165, 1.54) is 0 Å². The third-order valence-electron chi connectivity index (χ3n) is 0.163. The van der Waals surface area contributed by atoms with Crippen LogP contribution in [-0.4, -0.2) is 59.0 Å². The van der Waals surface area contributed by atoms with E-state index in [0.29, 0.717) is 0 Å². The molecule has 1 radical (unpaired) electrons. The van der Waals surface area contributed by atoms with Crippen LogP contribution in [0.3, 0.4) is 0 Å². The van der Waals surface area contributed by atoms with Crippen molar-refractivity contribution in [1.82, 2.24) is 0 Å². The Morgan fingerprint density at radius 3 is 1.50 bits per heavy atom. The molecule has 7 heteroatoms. The molecule has 47 valence electrons. The fraction of sp³-hybridized carbons (Fsp3) is 1.00. The van der Waals surface area contributed by atoms with Crippen LogP contribution in [0.1, 0.15) is 0 Å². The summed E-state index contributed by atoms with van der Waals surface area (Å²) in [5.74, 6) is -1.20. The van der Waals surface area contributed by atoms with E-state index < -0.39 is 16.1 Å². The molecule has 0 aliphatic heterocycles. The van der Waals surface area contributed by atoms with Gasteiger partial charge in [0, 0.05) is 29.6 Å². The van der Waals surface area contributed by atoms with Crippen molar-refractivity contribution >= 4 is 39.7 Å². The first-order valence-electron chi connectivity index (χ1n) is 1.12. The van der Waals surface area contributed by atoms with E-state index in [1.54, 1.807) is 0 Å². The van der Waals surface area contributed by atoms with Crippen molar-refractivity contribution in [1.29, 1.82) is 0 Å². The Hall–Kier alpha value is 0.830. The van der Waals surface area contributed by atoms with Crippen molar-refractivity contribution in [2.75, 3.05) is 5.94 Å². The molecule has 0 fully saturated rings. The number of rotatable bonds is 1. The second kappa shape index (κ2) is 5.96. The predicted octanol–water partition coefficient (Wildman–Crippen LogP) is -2.38. The molecule has 0 rings (SSSR count). The molecule has 0 aromatic carbocycles. The van der Waals surface area contributed by atoms with Crippen molar-refractivity contribution in [2.45, 2.75) is 0 Å². The average molecular weight is 153 g/mol. The normalized spacial score (nSPS) is 8.75. The Bertz CT molecular complexity index is 114. The second-order valence-corrected chi connectivity index (χ2v) is 2.13. The smallest absolute Gasteiger partial charge is 0.289 e. The van der Waals surface area contributed by atoms with Gasteiger partial charge in [-0.15, -0.1) is 0 Å². The van der Waals surface area contributed by atoms with Crippen molar-refractivity contribution in [2.24, 2.45) is 0 Å². The van der Waals surface area contributed by atoms with E-state index >= 15 is 0 Å². The van der Waals surface area contributed by atoms with Gasteiger partial charge in [0.25, 0.3) is 10.1 Å². The van der Waals surface area contributed by atoms with Gasteiger partial charge in [0.05, 0.1) is 0 Å². The van der Waals surface area contributed by atoms with Crippen molar-refractivity contribution in [3.05, 3.63) is 0 Å².